The molecule has 0 spiro atoms. The lowest BCUT2D eigenvalue weighted by Crippen LogP contribution is -2.24. The molecule has 2 rings (SSSR count). The number of aliphatic hydroxyl groups excluding tert-OH is 1. The number of aryl methyl sites for hydroxylation is 1. The van der Waals surface area contributed by atoms with Crippen molar-refractivity contribution in [1.29, 1.82) is 0 Å². The Hall–Kier alpha value is -2.00. The van der Waals surface area contributed by atoms with Crippen LogP contribution < -0.4 is 16.6 Å². The molecule has 0 radical (unpaired) electrons. The fraction of sp³-hybridized carbons (Fsp3) is 0.667. The Kier molecular flexibility index (Phi) is 4.86. The number of hydrogen-bond donors (Lipinski definition) is 4. The minimum atomic E-state index is -0.497. The van der Waals surface area contributed by atoms with Crippen molar-refractivity contribution in [1.82, 2.24) is 9.97 Å². The number of anilines is 2. The van der Waals surface area contributed by atoms with Crippen molar-refractivity contribution in [2.24, 2.45) is 11.8 Å². The lowest BCUT2D eigenvalue weighted by atomic mass is 9.87. The molecular formula is C12H20N6O3. The van der Waals surface area contributed by atoms with E-state index in [1.165, 1.54) is 0 Å². The van der Waals surface area contributed by atoms with Gasteiger partial charge in [0.1, 0.15) is 5.69 Å². The lowest BCUT2D eigenvalue weighted by molar-refractivity contribution is -0.385. The molecule has 5 N–H and O–H groups in total. The molecule has 1 aromatic rings. The summed E-state index contributed by atoms with van der Waals surface area (Å²) in [7, 11) is 0. The minimum Gasteiger partial charge on any atom is -0.393 e. The summed E-state index contributed by atoms with van der Waals surface area (Å²) in [5.74, 6) is 5.95. The maximum atomic E-state index is 11.1. The average molecular weight is 296 g/mol. The first kappa shape index (κ1) is 15.4. The van der Waals surface area contributed by atoms with Gasteiger partial charge in [-0.2, -0.15) is 4.98 Å². The van der Waals surface area contributed by atoms with Gasteiger partial charge in [-0.1, -0.05) is 0 Å². The van der Waals surface area contributed by atoms with Gasteiger partial charge in [-0.05, 0) is 38.5 Å². The Morgan fingerprint density at radius 2 is 2.05 bits per heavy atom. The van der Waals surface area contributed by atoms with E-state index >= 15 is 0 Å². The third-order valence-electron chi connectivity index (χ3n) is 3.74. The van der Waals surface area contributed by atoms with Gasteiger partial charge in [0.2, 0.25) is 11.8 Å². The number of nitro groups is 1. The van der Waals surface area contributed by atoms with E-state index < -0.39 is 4.92 Å². The first-order valence-electron chi connectivity index (χ1n) is 6.92. The molecule has 21 heavy (non-hydrogen) atoms. The van der Waals surface area contributed by atoms with Crippen LogP contribution in [0.2, 0.25) is 0 Å². The topological polar surface area (TPSA) is 139 Å². The second kappa shape index (κ2) is 6.64. The number of hydrazine groups is 1. The van der Waals surface area contributed by atoms with Crippen LogP contribution in [0.25, 0.3) is 0 Å². The molecule has 0 atom stereocenters. The molecule has 0 bridgehead atoms. The predicted octanol–water partition coefficient (Wildman–Crippen LogP) is 0.942. The van der Waals surface area contributed by atoms with Crippen LogP contribution in [0.5, 0.6) is 0 Å². The Morgan fingerprint density at radius 1 is 1.38 bits per heavy atom. The van der Waals surface area contributed by atoms with Crippen molar-refractivity contribution in [3.05, 3.63) is 15.8 Å². The van der Waals surface area contributed by atoms with Crippen molar-refractivity contribution in [2.75, 3.05) is 17.3 Å². The SMILES string of the molecule is Cc1nc(NN)nc(NCC2CCC(O)CC2)c1[N+](=O)[O-]. The van der Waals surface area contributed by atoms with E-state index in [1.54, 1.807) is 6.92 Å². The monoisotopic (exact) mass is 296 g/mol. The molecular weight excluding hydrogens is 276 g/mol. The highest BCUT2D eigenvalue weighted by Crippen LogP contribution is 2.28. The van der Waals surface area contributed by atoms with Gasteiger partial charge in [-0.25, -0.2) is 10.8 Å². The predicted molar refractivity (Wildman–Crippen MR) is 77.7 cm³/mol. The van der Waals surface area contributed by atoms with Gasteiger partial charge in [0.05, 0.1) is 11.0 Å². The highest BCUT2D eigenvalue weighted by Gasteiger charge is 2.24. The summed E-state index contributed by atoms with van der Waals surface area (Å²) in [6.45, 7) is 2.12. The number of hydrogen-bond acceptors (Lipinski definition) is 8. The van der Waals surface area contributed by atoms with E-state index in [4.69, 9.17) is 5.84 Å². The van der Waals surface area contributed by atoms with Gasteiger partial charge >= 0.3 is 5.69 Å². The van der Waals surface area contributed by atoms with Gasteiger partial charge in [0.25, 0.3) is 0 Å². The number of rotatable bonds is 5. The number of aromatic nitrogens is 2. The molecule has 1 aliphatic carbocycles. The highest BCUT2D eigenvalue weighted by molar-refractivity contribution is 5.60. The fourth-order valence-electron chi connectivity index (χ4n) is 2.56. The zero-order valence-electron chi connectivity index (χ0n) is 11.9. The van der Waals surface area contributed by atoms with E-state index in [0.29, 0.717) is 12.5 Å². The second-order valence-electron chi connectivity index (χ2n) is 5.29. The van der Waals surface area contributed by atoms with Crippen LogP contribution in [0.3, 0.4) is 0 Å². The molecule has 0 aliphatic heterocycles. The van der Waals surface area contributed by atoms with Gasteiger partial charge in [0.15, 0.2) is 0 Å². The Bertz CT molecular complexity index is 516. The van der Waals surface area contributed by atoms with Crippen molar-refractivity contribution in [3.8, 4) is 0 Å². The van der Waals surface area contributed by atoms with Gasteiger partial charge in [0, 0.05) is 6.54 Å². The van der Waals surface area contributed by atoms with Crippen molar-refractivity contribution in [2.45, 2.75) is 38.7 Å². The molecule has 1 saturated carbocycles. The minimum absolute atomic E-state index is 0.134. The molecule has 9 nitrogen and oxygen atoms in total. The molecule has 9 heteroatoms. The van der Waals surface area contributed by atoms with Crippen LogP contribution in [-0.2, 0) is 0 Å². The zero-order chi connectivity index (χ0) is 15.4. The molecule has 1 aromatic heterocycles. The van der Waals surface area contributed by atoms with Crippen LogP contribution in [0.15, 0.2) is 0 Å². The van der Waals surface area contributed by atoms with Crippen LogP contribution in [-0.4, -0.2) is 32.6 Å². The molecule has 0 aromatic carbocycles. The average Bonchev–Trinajstić information content (AvgIpc) is 2.45. The third-order valence-corrected chi connectivity index (χ3v) is 3.74. The standard InChI is InChI=1S/C12H20N6O3/c1-7-10(18(20)21)11(16-12(15-7)17-13)14-6-8-2-4-9(19)5-3-8/h8-9,19H,2-6,13H2,1H3,(H2,14,15,16,17). The first-order valence-corrected chi connectivity index (χ1v) is 6.92. The Balaban J connectivity index is 2.10. The van der Waals surface area contributed by atoms with E-state index in [1.807, 2.05) is 0 Å². The van der Waals surface area contributed by atoms with E-state index in [0.717, 1.165) is 25.7 Å². The summed E-state index contributed by atoms with van der Waals surface area (Å²) in [4.78, 5) is 18.6. The number of nitrogens with one attached hydrogen (secondary N) is 2. The van der Waals surface area contributed by atoms with Crippen LogP contribution in [0.1, 0.15) is 31.4 Å². The summed E-state index contributed by atoms with van der Waals surface area (Å²) < 4.78 is 0. The van der Waals surface area contributed by atoms with Gasteiger partial charge in [-0.3, -0.25) is 15.5 Å². The summed E-state index contributed by atoms with van der Waals surface area (Å²) in [6.07, 6.45) is 3.12. The zero-order valence-corrected chi connectivity index (χ0v) is 11.9. The quantitative estimate of drug-likeness (QED) is 0.357. The Labute approximate surface area is 122 Å². The first-order chi connectivity index (χ1) is 10.0. The van der Waals surface area contributed by atoms with Crippen molar-refractivity contribution in [3.63, 3.8) is 0 Å². The molecule has 0 saturated heterocycles. The van der Waals surface area contributed by atoms with E-state index in [2.05, 4.69) is 20.7 Å². The maximum Gasteiger partial charge on any atom is 0.332 e. The lowest BCUT2D eigenvalue weighted by Gasteiger charge is -2.25. The summed E-state index contributed by atoms with van der Waals surface area (Å²) in [5, 5.41) is 23.6. The summed E-state index contributed by atoms with van der Waals surface area (Å²) in [5.41, 5.74) is 2.42. The molecule has 0 unspecified atom stereocenters. The summed E-state index contributed by atoms with van der Waals surface area (Å²) >= 11 is 0. The number of nitrogens with zero attached hydrogens (tertiary/aromatic N) is 3. The van der Waals surface area contributed by atoms with Crippen molar-refractivity contribution >= 4 is 17.5 Å². The fourth-order valence-corrected chi connectivity index (χ4v) is 2.56. The Morgan fingerprint density at radius 3 is 2.62 bits per heavy atom. The highest BCUT2D eigenvalue weighted by atomic mass is 16.6. The number of nitrogen functional groups attached to an aromatic ring is 1. The smallest absolute Gasteiger partial charge is 0.332 e. The third kappa shape index (κ3) is 3.76. The van der Waals surface area contributed by atoms with E-state index in [9.17, 15) is 15.2 Å². The van der Waals surface area contributed by atoms with Gasteiger partial charge in [-0.15, -0.1) is 0 Å². The molecule has 1 aliphatic rings. The van der Waals surface area contributed by atoms with Crippen LogP contribution in [0, 0.1) is 23.0 Å². The van der Waals surface area contributed by atoms with Crippen molar-refractivity contribution < 1.29 is 10.0 Å². The van der Waals surface area contributed by atoms with Crippen LogP contribution >= 0.6 is 0 Å². The normalized spacial score (nSPS) is 21.9. The molecule has 1 fully saturated rings. The number of aliphatic hydroxyl groups is 1. The molecule has 0 amide bonds. The maximum absolute atomic E-state index is 11.1. The van der Waals surface area contributed by atoms with Gasteiger partial charge < -0.3 is 10.4 Å². The molecule has 116 valence electrons. The largest absolute Gasteiger partial charge is 0.393 e. The molecule has 1 heterocycles. The number of nitrogens with two attached hydrogens (primary N) is 1. The summed E-state index contributed by atoms with van der Waals surface area (Å²) in [6, 6.07) is 0. The van der Waals surface area contributed by atoms with E-state index in [-0.39, 0.29) is 29.3 Å². The van der Waals surface area contributed by atoms with Crippen LogP contribution in [0.4, 0.5) is 17.5 Å². The second-order valence-corrected chi connectivity index (χ2v) is 5.29.